The smallest absolute Gasteiger partial charge is 0.258 e. The van der Waals surface area contributed by atoms with Crippen LogP contribution in [0.15, 0.2) is 56.6 Å². The number of fused-ring (bicyclic) bond motifs is 1. The summed E-state index contributed by atoms with van der Waals surface area (Å²) in [6, 6.07) is 12.9. The number of thioether (sulfide) groups is 1. The normalized spacial score (nSPS) is 11.0. The molecule has 0 saturated carbocycles. The number of nitrogens with zero attached hydrogens (tertiary/aromatic N) is 2. The number of nitrogens with one attached hydrogen (secondary N) is 1. The van der Waals surface area contributed by atoms with Gasteiger partial charge in [0.25, 0.3) is 5.56 Å². The number of rotatable bonds is 8. The van der Waals surface area contributed by atoms with E-state index in [0.29, 0.717) is 40.5 Å². The van der Waals surface area contributed by atoms with E-state index in [1.165, 1.54) is 0 Å². The van der Waals surface area contributed by atoms with Crippen molar-refractivity contribution >= 4 is 56.1 Å². The minimum atomic E-state index is -0.227. The Labute approximate surface area is 187 Å². The lowest BCUT2D eigenvalue weighted by atomic mass is 10.2. The van der Waals surface area contributed by atoms with Gasteiger partial charge in [-0.2, -0.15) is 0 Å². The number of carbonyl (C=O) groups is 1. The number of benzene rings is 2. The Kier molecular flexibility index (Phi) is 7.75. The molecule has 2 aromatic carbocycles. The maximum Gasteiger partial charge on any atom is 0.258 e. The number of halogens is 2. The lowest BCUT2D eigenvalue weighted by Crippen LogP contribution is -2.33. The number of amides is 1. The molecule has 0 aliphatic rings. The van der Waals surface area contributed by atoms with Crippen molar-refractivity contribution in [2.75, 3.05) is 12.3 Å². The number of carbonyl (C=O) groups excluding carboxylic acids is 1. The van der Waals surface area contributed by atoms with Gasteiger partial charge in [-0.1, -0.05) is 30.7 Å². The van der Waals surface area contributed by atoms with Crippen LogP contribution in [0, 0.1) is 0 Å². The molecule has 0 atom stereocenters. The molecular formula is C21H21BrClN3O2S. The second kappa shape index (κ2) is 10.3. The minimum absolute atomic E-state index is 0.0419. The van der Waals surface area contributed by atoms with Gasteiger partial charge < -0.3 is 9.88 Å². The van der Waals surface area contributed by atoms with Crippen LogP contribution in [0.25, 0.3) is 10.9 Å². The van der Waals surface area contributed by atoms with E-state index in [1.54, 1.807) is 34.9 Å². The van der Waals surface area contributed by atoms with Crippen LogP contribution in [0.1, 0.15) is 25.6 Å². The van der Waals surface area contributed by atoms with Gasteiger partial charge in [0, 0.05) is 33.1 Å². The average molecular weight is 495 g/mol. The topological polar surface area (TPSA) is 66.1 Å². The molecule has 1 heterocycles. The Balaban J connectivity index is 1.69. The van der Waals surface area contributed by atoms with E-state index in [-0.39, 0.29) is 18.0 Å². The fourth-order valence-electron chi connectivity index (χ4n) is 2.95. The summed E-state index contributed by atoms with van der Waals surface area (Å²) in [5.41, 5.74) is 0.305. The molecule has 152 valence electrons. The van der Waals surface area contributed by atoms with E-state index in [2.05, 4.69) is 25.9 Å². The van der Waals surface area contributed by atoms with Gasteiger partial charge in [0.2, 0.25) is 5.91 Å². The van der Waals surface area contributed by atoms with Crippen molar-refractivity contribution in [3.63, 3.8) is 0 Å². The molecule has 0 fully saturated rings. The predicted molar refractivity (Wildman–Crippen MR) is 123 cm³/mol. The molecule has 1 N–H and O–H groups in total. The highest BCUT2D eigenvalue weighted by Gasteiger charge is 2.15. The molecule has 29 heavy (non-hydrogen) atoms. The Morgan fingerprint density at radius 2 is 2.07 bits per heavy atom. The standard InChI is InChI=1S/C21H21BrClN3O2S/c1-2-10-26(20(27)9-11-29-18-6-4-3-5-16(18)22)13-19-24-17-12-14(23)7-8-15(17)21(28)25-19/h3-8,12H,2,9-11,13H2,1H3,(H,24,25,28). The summed E-state index contributed by atoms with van der Waals surface area (Å²) in [5.74, 6) is 1.18. The third kappa shape index (κ3) is 5.84. The van der Waals surface area contributed by atoms with E-state index in [4.69, 9.17) is 11.6 Å². The van der Waals surface area contributed by atoms with E-state index < -0.39 is 0 Å². The van der Waals surface area contributed by atoms with Gasteiger partial charge in [-0.15, -0.1) is 11.8 Å². The predicted octanol–water partition coefficient (Wildman–Crippen LogP) is 5.26. The Morgan fingerprint density at radius 1 is 1.28 bits per heavy atom. The molecule has 0 spiro atoms. The Bertz CT molecular complexity index is 1070. The highest BCUT2D eigenvalue weighted by atomic mass is 79.9. The third-order valence-corrected chi connectivity index (χ3v) is 6.58. The Morgan fingerprint density at radius 3 is 2.83 bits per heavy atom. The van der Waals surface area contributed by atoms with Gasteiger partial charge in [-0.3, -0.25) is 9.59 Å². The van der Waals surface area contributed by atoms with Crippen molar-refractivity contribution in [3.8, 4) is 0 Å². The molecule has 5 nitrogen and oxygen atoms in total. The summed E-state index contributed by atoms with van der Waals surface area (Å²) in [5, 5.41) is 1.00. The van der Waals surface area contributed by atoms with E-state index >= 15 is 0 Å². The lowest BCUT2D eigenvalue weighted by Gasteiger charge is -2.21. The summed E-state index contributed by atoms with van der Waals surface area (Å²) < 4.78 is 1.03. The van der Waals surface area contributed by atoms with Gasteiger partial charge in [0.15, 0.2) is 0 Å². The van der Waals surface area contributed by atoms with Gasteiger partial charge in [-0.05, 0) is 52.7 Å². The summed E-state index contributed by atoms with van der Waals surface area (Å²) in [6.07, 6.45) is 1.24. The van der Waals surface area contributed by atoms with E-state index in [1.807, 2.05) is 31.2 Å². The van der Waals surface area contributed by atoms with Gasteiger partial charge in [-0.25, -0.2) is 4.98 Å². The van der Waals surface area contributed by atoms with Crippen molar-refractivity contribution in [1.82, 2.24) is 14.9 Å². The van der Waals surface area contributed by atoms with Gasteiger partial charge in [0.1, 0.15) is 5.82 Å². The van der Waals surface area contributed by atoms with Crippen molar-refractivity contribution in [2.24, 2.45) is 0 Å². The third-order valence-electron chi connectivity index (χ3n) is 4.31. The lowest BCUT2D eigenvalue weighted by molar-refractivity contribution is -0.131. The molecule has 8 heteroatoms. The minimum Gasteiger partial charge on any atom is -0.335 e. The van der Waals surface area contributed by atoms with Crippen LogP contribution in [-0.2, 0) is 11.3 Å². The first-order valence-electron chi connectivity index (χ1n) is 9.31. The molecule has 0 radical (unpaired) electrons. The van der Waals surface area contributed by atoms with Crippen LogP contribution in [0.4, 0.5) is 0 Å². The molecule has 0 bridgehead atoms. The summed E-state index contributed by atoms with van der Waals surface area (Å²) in [7, 11) is 0. The molecule has 3 aromatic rings. The maximum absolute atomic E-state index is 12.8. The van der Waals surface area contributed by atoms with E-state index in [9.17, 15) is 9.59 Å². The number of aromatic amines is 1. The summed E-state index contributed by atoms with van der Waals surface area (Å²) >= 11 is 11.2. The zero-order valence-corrected chi connectivity index (χ0v) is 19.1. The SMILES string of the molecule is CCCN(Cc1nc2cc(Cl)ccc2c(=O)[nH]1)C(=O)CCSc1ccccc1Br. The molecule has 1 aromatic heterocycles. The van der Waals surface area contributed by atoms with Gasteiger partial charge in [0.05, 0.1) is 17.4 Å². The monoisotopic (exact) mass is 493 g/mol. The quantitative estimate of drug-likeness (QED) is 0.434. The second-order valence-electron chi connectivity index (χ2n) is 6.52. The molecular weight excluding hydrogens is 474 g/mol. The van der Waals surface area contributed by atoms with Crippen LogP contribution < -0.4 is 5.56 Å². The van der Waals surface area contributed by atoms with Crippen LogP contribution in [-0.4, -0.2) is 33.1 Å². The molecule has 0 aliphatic carbocycles. The molecule has 0 saturated heterocycles. The van der Waals surface area contributed by atoms with Crippen molar-refractivity contribution < 1.29 is 4.79 Å². The van der Waals surface area contributed by atoms with Crippen LogP contribution in [0.2, 0.25) is 5.02 Å². The molecule has 1 amide bonds. The Hall–Kier alpha value is -1.83. The first kappa shape index (κ1) is 21.9. The van der Waals surface area contributed by atoms with Crippen LogP contribution >= 0.6 is 39.3 Å². The second-order valence-corrected chi connectivity index (χ2v) is 8.95. The largest absolute Gasteiger partial charge is 0.335 e. The first-order valence-corrected chi connectivity index (χ1v) is 11.5. The summed E-state index contributed by atoms with van der Waals surface area (Å²) in [6.45, 7) is 2.90. The zero-order chi connectivity index (χ0) is 20.8. The number of hydrogen-bond donors (Lipinski definition) is 1. The maximum atomic E-state index is 12.8. The fourth-order valence-corrected chi connectivity index (χ4v) is 4.62. The molecule has 0 unspecified atom stereocenters. The van der Waals surface area contributed by atoms with Crippen molar-refractivity contribution in [3.05, 3.63) is 68.1 Å². The molecule has 0 aliphatic heterocycles. The van der Waals surface area contributed by atoms with Gasteiger partial charge >= 0.3 is 0 Å². The highest BCUT2D eigenvalue weighted by Crippen LogP contribution is 2.27. The number of H-pyrrole nitrogens is 1. The average Bonchev–Trinajstić information content (AvgIpc) is 2.68. The first-order chi connectivity index (χ1) is 14.0. The van der Waals surface area contributed by atoms with E-state index in [0.717, 1.165) is 15.8 Å². The van der Waals surface area contributed by atoms with Crippen molar-refractivity contribution in [1.29, 1.82) is 0 Å². The fraction of sp³-hybridized carbons (Fsp3) is 0.286. The highest BCUT2D eigenvalue weighted by molar-refractivity contribution is 9.10. The number of aromatic nitrogens is 2. The van der Waals surface area contributed by atoms with Crippen LogP contribution in [0.5, 0.6) is 0 Å². The number of hydrogen-bond acceptors (Lipinski definition) is 4. The summed E-state index contributed by atoms with van der Waals surface area (Å²) in [4.78, 5) is 35.2. The molecule has 3 rings (SSSR count). The van der Waals surface area contributed by atoms with Crippen LogP contribution in [0.3, 0.4) is 0 Å². The zero-order valence-electron chi connectivity index (χ0n) is 16.0. The van der Waals surface area contributed by atoms with Crippen molar-refractivity contribution in [2.45, 2.75) is 31.2 Å².